The van der Waals surface area contributed by atoms with Gasteiger partial charge in [-0.3, -0.25) is 19.6 Å². The number of aromatic nitrogens is 2. The van der Waals surface area contributed by atoms with Crippen molar-refractivity contribution in [3.05, 3.63) is 67.5 Å². The van der Waals surface area contributed by atoms with Crippen molar-refractivity contribution in [3.63, 3.8) is 0 Å². The molecule has 1 aromatic carbocycles. The Bertz CT molecular complexity index is 1330. The van der Waals surface area contributed by atoms with Crippen molar-refractivity contribution in [3.8, 4) is 11.6 Å². The van der Waals surface area contributed by atoms with Gasteiger partial charge in [-0.2, -0.15) is 5.10 Å². The smallest absolute Gasteiger partial charge is 0.338 e. The fourth-order valence-electron chi connectivity index (χ4n) is 3.21. The highest BCUT2D eigenvalue weighted by Crippen LogP contribution is 2.33. The molecule has 0 fully saturated rings. The third-order valence-electron chi connectivity index (χ3n) is 4.69. The Morgan fingerprint density at radius 1 is 1.26 bits per heavy atom. The third kappa shape index (κ3) is 6.11. The summed E-state index contributed by atoms with van der Waals surface area (Å²) in [7, 11) is 0. The molecule has 3 rings (SSSR count). The Morgan fingerprint density at radius 2 is 2.00 bits per heavy atom. The van der Waals surface area contributed by atoms with Crippen LogP contribution in [-0.2, 0) is 14.3 Å². The molecule has 0 spiro atoms. The zero-order valence-corrected chi connectivity index (χ0v) is 19.4. The van der Waals surface area contributed by atoms with Crippen molar-refractivity contribution in [1.29, 1.82) is 0 Å². The van der Waals surface area contributed by atoms with Gasteiger partial charge in [-0.1, -0.05) is 18.2 Å². The summed E-state index contributed by atoms with van der Waals surface area (Å²) >= 11 is 5.24. The van der Waals surface area contributed by atoms with Crippen LogP contribution in [0.4, 0.5) is 0 Å². The summed E-state index contributed by atoms with van der Waals surface area (Å²) in [5.74, 6) is -1.60. The van der Waals surface area contributed by atoms with Gasteiger partial charge in [0, 0.05) is 11.3 Å². The van der Waals surface area contributed by atoms with Crippen LogP contribution in [0.1, 0.15) is 31.0 Å². The second-order valence-corrected chi connectivity index (χ2v) is 7.49. The van der Waals surface area contributed by atoms with Crippen molar-refractivity contribution in [1.82, 2.24) is 26.0 Å². The van der Waals surface area contributed by atoms with E-state index in [1.54, 1.807) is 38.1 Å². The number of hydrogen-bond acceptors (Lipinski definition) is 9. The average molecular weight is 503 g/mol. The van der Waals surface area contributed by atoms with E-state index in [1.807, 2.05) is 9.97 Å². The van der Waals surface area contributed by atoms with E-state index < -0.39 is 41.7 Å². The number of ether oxygens (including phenoxy) is 2. The number of carbonyl (C=O) groups is 2. The molecule has 0 radical (unpaired) electrons. The molecule has 1 aliphatic rings. The van der Waals surface area contributed by atoms with E-state index in [0.717, 1.165) is 6.21 Å². The van der Waals surface area contributed by atoms with Crippen LogP contribution in [0.15, 0.2) is 50.2 Å². The predicted molar refractivity (Wildman–Crippen MR) is 128 cm³/mol. The molecule has 1 atom stereocenters. The van der Waals surface area contributed by atoms with Crippen molar-refractivity contribution >= 4 is 35.4 Å². The van der Waals surface area contributed by atoms with Gasteiger partial charge in [0.2, 0.25) is 5.88 Å². The van der Waals surface area contributed by atoms with Gasteiger partial charge >= 0.3 is 11.7 Å². The molecule has 14 heteroatoms. The topological polar surface area (TPSA) is 187 Å². The zero-order chi connectivity index (χ0) is 25.5. The summed E-state index contributed by atoms with van der Waals surface area (Å²) in [6.45, 7) is 3.12. The third-order valence-corrected chi connectivity index (χ3v) is 4.91. The molecular formula is C21H22N6O7S. The van der Waals surface area contributed by atoms with E-state index in [1.165, 1.54) is 0 Å². The Morgan fingerprint density at radius 3 is 2.71 bits per heavy atom. The quantitative estimate of drug-likeness (QED) is 0.121. The first kappa shape index (κ1) is 25.2. The second kappa shape index (κ2) is 11.1. The molecule has 13 nitrogen and oxygen atoms in total. The Balaban J connectivity index is 1.74. The molecule has 0 saturated heterocycles. The number of aromatic amines is 2. The van der Waals surface area contributed by atoms with Gasteiger partial charge in [0.15, 0.2) is 11.7 Å². The maximum Gasteiger partial charge on any atom is 0.338 e. The van der Waals surface area contributed by atoms with E-state index in [4.69, 9.17) is 21.7 Å². The van der Waals surface area contributed by atoms with Crippen molar-refractivity contribution < 1.29 is 24.2 Å². The minimum absolute atomic E-state index is 0.189. The van der Waals surface area contributed by atoms with Crippen LogP contribution in [0, 0.1) is 0 Å². The van der Waals surface area contributed by atoms with E-state index in [0.29, 0.717) is 27.7 Å². The van der Waals surface area contributed by atoms with Gasteiger partial charge in [0.05, 0.1) is 24.4 Å². The number of aromatic hydroxyl groups is 1. The molecule has 0 unspecified atom stereocenters. The standard InChI is InChI=1S/C21H22N6O7S/c1-3-33-19(31)15-10(2)23-21(35)24-16(15)11-6-4-5-7-13(11)34-9-14(28)27-22-8-12-17(29)25-20(32)26-18(12)30/h4-8,16H,3,9H2,1-2H3,(H,27,28)(H2,23,24,35)(H3,25,26,29,30,32)/t16-/m1/s1. The number of allylic oxidation sites excluding steroid dienone is 1. The van der Waals surface area contributed by atoms with Gasteiger partial charge in [-0.25, -0.2) is 15.0 Å². The average Bonchev–Trinajstić information content (AvgIpc) is 2.79. The maximum atomic E-state index is 12.6. The molecule has 2 aromatic rings. The molecule has 1 aromatic heterocycles. The number of hydrazone groups is 1. The van der Waals surface area contributed by atoms with Crippen LogP contribution in [0.2, 0.25) is 0 Å². The predicted octanol–water partition coefficient (Wildman–Crippen LogP) is -0.346. The van der Waals surface area contributed by atoms with Crippen LogP contribution >= 0.6 is 12.2 Å². The monoisotopic (exact) mass is 502 g/mol. The number of H-pyrrole nitrogens is 2. The number of nitrogens with one attached hydrogen (secondary N) is 5. The number of benzene rings is 1. The number of carbonyl (C=O) groups excluding carboxylic acids is 2. The molecule has 0 saturated carbocycles. The molecule has 0 bridgehead atoms. The van der Waals surface area contributed by atoms with E-state index in [-0.39, 0.29) is 12.2 Å². The highest BCUT2D eigenvalue weighted by Gasteiger charge is 2.32. The largest absolute Gasteiger partial charge is 0.494 e. The lowest BCUT2D eigenvalue weighted by Gasteiger charge is -2.30. The fraction of sp³-hybridized carbons (Fsp3) is 0.238. The minimum atomic E-state index is -0.888. The first-order valence-corrected chi connectivity index (χ1v) is 10.7. The molecule has 0 aliphatic carbocycles. The minimum Gasteiger partial charge on any atom is -0.494 e. The fourth-order valence-corrected chi connectivity index (χ4v) is 3.48. The van der Waals surface area contributed by atoms with Crippen LogP contribution < -0.4 is 32.0 Å². The van der Waals surface area contributed by atoms with E-state index in [2.05, 4.69) is 21.2 Å². The summed E-state index contributed by atoms with van der Waals surface area (Å²) in [5, 5.41) is 19.4. The van der Waals surface area contributed by atoms with Crippen LogP contribution in [0.5, 0.6) is 11.6 Å². The summed E-state index contributed by atoms with van der Waals surface area (Å²) in [6, 6.07) is 6.09. The Labute approximate surface area is 203 Å². The highest BCUT2D eigenvalue weighted by molar-refractivity contribution is 7.80. The molecule has 35 heavy (non-hydrogen) atoms. The second-order valence-electron chi connectivity index (χ2n) is 7.08. The number of rotatable bonds is 8. The number of thiocarbonyl (C=S) groups is 1. The number of para-hydroxylation sites is 1. The molecule has 1 amide bonds. The van der Waals surface area contributed by atoms with E-state index >= 15 is 0 Å². The highest BCUT2D eigenvalue weighted by atomic mass is 32.1. The lowest BCUT2D eigenvalue weighted by molar-refractivity contribution is -0.139. The normalized spacial score (nSPS) is 15.4. The van der Waals surface area contributed by atoms with Gasteiger partial charge in [-0.15, -0.1) is 0 Å². The molecule has 184 valence electrons. The SMILES string of the molecule is CCOC(=O)C1=C(C)NC(=S)N[C@@H]1c1ccccc1OCC(=O)NN=Cc1c(O)[nH]c(=O)[nH]c1=O. The van der Waals surface area contributed by atoms with Crippen molar-refractivity contribution in [2.24, 2.45) is 5.10 Å². The Kier molecular flexibility index (Phi) is 7.99. The molecule has 1 aliphatic heterocycles. The first-order valence-electron chi connectivity index (χ1n) is 10.3. The molecular weight excluding hydrogens is 480 g/mol. The van der Waals surface area contributed by atoms with Gasteiger partial charge in [0.1, 0.15) is 11.3 Å². The number of nitrogens with zero attached hydrogens (tertiary/aromatic N) is 1. The van der Waals surface area contributed by atoms with Gasteiger partial charge in [-0.05, 0) is 32.1 Å². The number of amides is 1. The van der Waals surface area contributed by atoms with Crippen LogP contribution in [0.3, 0.4) is 0 Å². The van der Waals surface area contributed by atoms with Crippen LogP contribution in [0.25, 0.3) is 0 Å². The zero-order valence-electron chi connectivity index (χ0n) is 18.6. The van der Waals surface area contributed by atoms with Gasteiger partial charge < -0.3 is 25.2 Å². The summed E-state index contributed by atoms with van der Waals surface area (Å²) in [5.41, 5.74) is 1.41. The number of hydrogen-bond donors (Lipinski definition) is 6. The van der Waals surface area contributed by atoms with E-state index in [9.17, 15) is 24.3 Å². The summed E-state index contributed by atoms with van der Waals surface area (Å²) in [6.07, 6.45) is 0.870. The van der Waals surface area contributed by atoms with Crippen molar-refractivity contribution in [2.75, 3.05) is 13.2 Å². The first-order chi connectivity index (χ1) is 16.7. The maximum absolute atomic E-state index is 12.6. The summed E-state index contributed by atoms with van der Waals surface area (Å²) < 4.78 is 10.8. The number of esters is 1. The molecule has 6 N–H and O–H groups in total. The van der Waals surface area contributed by atoms with Crippen LogP contribution in [-0.4, -0.2) is 51.5 Å². The van der Waals surface area contributed by atoms with Crippen molar-refractivity contribution in [2.45, 2.75) is 19.9 Å². The Hall–Kier alpha value is -4.46. The lowest BCUT2D eigenvalue weighted by Crippen LogP contribution is -2.45. The van der Waals surface area contributed by atoms with Gasteiger partial charge in [0.25, 0.3) is 11.5 Å². The molecule has 2 heterocycles. The lowest BCUT2D eigenvalue weighted by atomic mass is 9.95. The summed E-state index contributed by atoms with van der Waals surface area (Å²) in [4.78, 5) is 51.5.